The van der Waals surface area contributed by atoms with E-state index >= 15 is 0 Å². The Morgan fingerprint density at radius 1 is 1.38 bits per heavy atom. The third-order valence-electron chi connectivity index (χ3n) is 3.09. The molecular formula is C14H17NO6. The van der Waals surface area contributed by atoms with E-state index in [9.17, 15) is 14.7 Å². The van der Waals surface area contributed by atoms with Crippen molar-refractivity contribution < 1.29 is 29.3 Å². The number of carbonyl (C=O) groups excluding carboxylic acids is 2. The molecule has 0 bridgehead atoms. The normalized spacial score (nSPS) is 17.4. The molecule has 2 rings (SSSR count). The lowest BCUT2D eigenvalue weighted by Gasteiger charge is -2.11. The van der Waals surface area contributed by atoms with Crippen LogP contribution in [-0.2, 0) is 14.3 Å². The maximum Gasteiger partial charge on any atom is 0.342 e. The van der Waals surface area contributed by atoms with Crippen LogP contribution in [0.5, 0.6) is 11.5 Å². The molecule has 3 N–H and O–H groups in total. The highest BCUT2D eigenvalue weighted by Crippen LogP contribution is 2.23. The van der Waals surface area contributed by atoms with Gasteiger partial charge in [-0.3, -0.25) is 4.79 Å². The molecule has 0 radical (unpaired) electrons. The molecule has 21 heavy (non-hydrogen) atoms. The van der Waals surface area contributed by atoms with Gasteiger partial charge in [0.1, 0.15) is 17.1 Å². The van der Waals surface area contributed by atoms with Crippen LogP contribution >= 0.6 is 0 Å². The molecule has 1 fully saturated rings. The number of ether oxygens (including phenoxy) is 2. The van der Waals surface area contributed by atoms with Crippen LogP contribution in [0.3, 0.4) is 0 Å². The summed E-state index contributed by atoms with van der Waals surface area (Å²) in [7, 11) is 0. The first kappa shape index (κ1) is 15.1. The SMILES string of the molecule is O=C(COC(=O)c1ccc(O)cc1O)NC[C@@H]1CCCO1. The Bertz CT molecular complexity index is 524. The van der Waals surface area contributed by atoms with Gasteiger partial charge in [0.15, 0.2) is 6.61 Å². The molecule has 1 saturated heterocycles. The molecule has 114 valence electrons. The number of phenols is 2. The number of amides is 1. The maximum atomic E-state index is 11.7. The van der Waals surface area contributed by atoms with Crippen molar-refractivity contribution in [2.45, 2.75) is 18.9 Å². The van der Waals surface area contributed by atoms with E-state index in [0.717, 1.165) is 18.9 Å². The molecule has 7 nitrogen and oxygen atoms in total. The number of phenolic OH excluding ortho intramolecular Hbond substituents is 2. The number of rotatable bonds is 5. The number of carbonyl (C=O) groups is 2. The van der Waals surface area contributed by atoms with Crippen molar-refractivity contribution in [3.05, 3.63) is 23.8 Å². The molecule has 1 heterocycles. The molecule has 7 heteroatoms. The molecule has 0 aromatic heterocycles. The van der Waals surface area contributed by atoms with E-state index in [2.05, 4.69) is 5.32 Å². The first-order valence-corrected chi connectivity index (χ1v) is 6.63. The van der Waals surface area contributed by atoms with E-state index in [1.807, 2.05) is 0 Å². The fraction of sp³-hybridized carbons (Fsp3) is 0.429. The largest absolute Gasteiger partial charge is 0.508 e. The van der Waals surface area contributed by atoms with Gasteiger partial charge < -0.3 is 25.0 Å². The fourth-order valence-electron chi connectivity index (χ4n) is 1.99. The zero-order valence-electron chi connectivity index (χ0n) is 11.4. The van der Waals surface area contributed by atoms with Crippen molar-refractivity contribution in [2.24, 2.45) is 0 Å². The Labute approximate surface area is 121 Å². The van der Waals surface area contributed by atoms with E-state index in [0.29, 0.717) is 13.2 Å². The predicted octanol–water partition coefficient (Wildman–Crippen LogP) is 0.550. The van der Waals surface area contributed by atoms with Crippen LogP contribution in [0.25, 0.3) is 0 Å². The third kappa shape index (κ3) is 4.35. The van der Waals surface area contributed by atoms with Crippen LogP contribution in [0.15, 0.2) is 18.2 Å². The lowest BCUT2D eigenvalue weighted by Crippen LogP contribution is -2.34. The van der Waals surface area contributed by atoms with Gasteiger partial charge in [0, 0.05) is 19.2 Å². The third-order valence-corrected chi connectivity index (χ3v) is 3.09. The second-order valence-corrected chi connectivity index (χ2v) is 4.72. The van der Waals surface area contributed by atoms with Crippen LogP contribution in [-0.4, -0.2) is 48.0 Å². The van der Waals surface area contributed by atoms with Crippen molar-refractivity contribution in [3.8, 4) is 11.5 Å². The number of esters is 1. The second kappa shape index (κ2) is 6.94. The second-order valence-electron chi connectivity index (χ2n) is 4.72. The zero-order valence-corrected chi connectivity index (χ0v) is 11.4. The first-order chi connectivity index (χ1) is 10.1. The molecule has 1 amide bonds. The summed E-state index contributed by atoms with van der Waals surface area (Å²) in [5.41, 5.74) is -0.111. The summed E-state index contributed by atoms with van der Waals surface area (Å²) in [5.74, 6) is -1.84. The lowest BCUT2D eigenvalue weighted by atomic mass is 10.2. The number of aromatic hydroxyl groups is 2. The van der Waals surface area contributed by atoms with Crippen molar-refractivity contribution in [1.29, 1.82) is 0 Å². The number of benzene rings is 1. The summed E-state index contributed by atoms with van der Waals surface area (Å²) in [5, 5.41) is 21.2. The van der Waals surface area contributed by atoms with Crippen molar-refractivity contribution in [3.63, 3.8) is 0 Å². The van der Waals surface area contributed by atoms with E-state index in [1.165, 1.54) is 12.1 Å². The van der Waals surface area contributed by atoms with Crippen molar-refractivity contribution in [2.75, 3.05) is 19.8 Å². The van der Waals surface area contributed by atoms with Gasteiger partial charge in [0.05, 0.1) is 6.10 Å². The summed E-state index contributed by atoms with van der Waals surface area (Å²) in [6.07, 6.45) is 1.91. The topological polar surface area (TPSA) is 105 Å². The molecule has 1 aromatic rings. The van der Waals surface area contributed by atoms with Crippen molar-refractivity contribution >= 4 is 11.9 Å². The lowest BCUT2D eigenvalue weighted by molar-refractivity contribution is -0.124. The van der Waals surface area contributed by atoms with Crippen molar-refractivity contribution in [1.82, 2.24) is 5.32 Å². The van der Waals surface area contributed by atoms with Crippen LogP contribution in [0.2, 0.25) is 0 Å². The summed E-state index contributed by atoms with van der Waals surface area (Å²) < 4.78 is 10.1. The van der Waals surface area contributed by atoms with Gasteiger partial charge in [0.25, 0.3) is 5.91 Å². The Morgan fingerprint density at radius 2 is 2.19 bits per heavy atom. The summed E-state index contributed by atoms with van der Waals surface area (Å²) >= 11 is 0. The molecule has 1 aliphatic rings. The van der Waals surface area contributed by atoms with Gasteiger partial charge in [-0.25, -0.2) is 4.79 Å². The number of hydrogen-bond acceptors (Lipinski definition) is 6. The standard InChI is InChI=1S/C14H17NO6/c16-9-3-4-11(12(17)6-9)14(19)21-8-13(18)15-7-10-2-1-5-20-10/h3-4,6,10,16-17H,1-2,5,7-8H2,(H,15,18)/t10-/m0/s1. The van der Waals surface area contributed by atoms with Crippen LogP contribution in [0.1, 0.15) is 23.2 Å². The molecule has 0 saturated carbocycles. The minimum Gasteiger partial charge on any atom is -0.508 e. The summed E-state index contributed by atoms with van der Waals surface area (Å²) in [4.78, 5) is 23.2. The predicted molar refractivity (Wildman–Crippen MR) is 72.0 cm³/mol. The Kier molecular flexibility index (Phi) is 4.99. The fourth-order valence-corrected chi connectivity index (χ4v) is 1.99. The van der Waals surface area contributed by atoms with Gasteiger partial charge in [-0.05, 0) is 25.0 Å². The number of nitrogens with one attached hydrogen (secondary N) is 1. The summed E-state index contributed by atoms with van der Waals surface area (Å²) in [6.45, 7) is 0.655. The highest BCUT2D eigenvalue weighted by atomic mass is 16.5. The highest BCUT2D eigenvalue weighted by Gasteiger charge is 2.18. The first-order valence-electron chi connectivity index (χ1n) is 6.63. The average molecular weight is 295 g/mol. The van der Waals surface area contributed by atoms with Gasteiger partial charge in [-0.1, -0.05) is 0 Å². The van der Waals surface area contributed by atoms with Crippen LogP contribution in [0.4, 0.5) is 0 Å². The molecule has 0 spiro atoms. The molecular weight excluding hydrogens is 278 g/mol. The molecule has 0 unspecified atom stereocenters. The van der Waals surface area contributed by atoms with E-state index < -0.39 is 24.2 Å². The average Bonchev–Trinajstić information content (AvgIpc) is 2.95. The highest BCUT2D eigenvalue weighted by molar-refractivity contribution is 5.94. The maximum absolute atomic E-state index is 11.7. The number of hydrogen-bond donors (Lipinski definition) is 3. The van der Waals surface area contributed by atoms with Crippen LogP contribution in [0, 0.1) is 0 Å². The Hall–Kier alpha value is -2.28. The van der Waals surface area contributed by atoms with Gasteiger partial charge in [-0.2, -0.15) is 0 Å². The van der Waals surface area contributed by atoms with Gasteiger partial charge in [-0.15, -0.1) is 0 Å². The Balaban J connectivity index is 1.76. The Morgan fingerprint density at radius 3 is 2.86 bits per heavy atom. The van der Waals surface area contributed by atoms with Crippen LogP contribution < -0.4 is 5.32 Å². The minimum atomic E-state index is -0.834. The van der Waals surface area contributed by atoms with E-state index in [-0.39, 0.29) is 17.4 Å². The van der Waals surface area contributed by atoms with Gasteiger partial charge in [0.2, 0.25) is 0 Å². The quantitative estimate of drug-likeness (QED) is 0.685. The molecule has 1 aliphatic heterocycles. The van der Waals surface area contributed by atoms with Gasteiger partial charge >= 0.3 is 5.97 Å². The molecule has 0 aliphatic carbocycles. The molecule has 1 aromatic carbocycles. The monoisotopic (exact) mass is 295 g/mol. The minimum absolute atomic E-state index is 0.0193. The zero-order chi connectivity index (χ0) is 15.2. The smallest absolute Gasteiger partial charge is 0.342 e. The van der Waals surface area contributed by atoms with E-state index in [4.69, 9.17) is 14.6 Å². The summed E-state index contributed by atoms with van der Waals surface area (Å²) in [6, 6.07) is 3.49. The molecule has 1 atom stereocenters. The van der Waals surface area contributed by atoms with E-state index in [1.54, 1.807) is 0 Å².